The van der Waals surface area contributed by atoms with E-state index in [1.165, 1.54) is 4.90 Å². The summed E-state index contributed by atoms with van der Waals surface area (Å²) >= 11 is 1.72. The smallest absolute Gasteiger partial charge is 0.219 e. The fourth-order valence-electron chi connectivity index (χ4n) is 1.16. The zero-order valence-corrected chi connectivity index (χ0v) is 10.5. The molecule has 0 fully saturated rings. The Balaban J connectivity index is 2.24. The molecule has 88 valence electrons. The van der Waals surface area contributed by atoms with Crippen molar-refractivity contribution in [1.29, 1.82) is 0 Å². The fourth-order valence-corrected chi connectivity index (χ4v) is 1.92. The van der Waals surface area contributed by atoms with Gasteiger partial charge in [-0.3, -0.25) is 4.79 Å². The molecule has 0 radical (unpaired) electrons. The molecule has 0 bridgehead atoms. The van der Waals surface area contributed by atoms with Crippen LogP contribution in [0.5, 0.6) is 5.75 Å². The van der Waals surface area contributed by atoms with Crippen LogP contribution in [0.25, 0.3) is 0 Å². The number of benzene rings is 1. The summed E-state index contributed by atoms with van der Waals surface area (Å²) in [4.78, 5) is 12.2. The minimum atomic E-state index is 0.107. The van der Waals surface area contributed by atoms with E-state index in [1.54, 1.807) is 18.9 Å². The Labute approximate surface area is 101 Å². The summed E-state index contributed by atoms with van der Waals surface area (Å²) in [6.45, 7) is 2.56. The first-order chi connectivity index (χ1) is 7.76. The normalized spacial score (nSPS) is 9.88. The SMILES string of the molecule is CCC(=O)NCCSc1ccc(OC)cc1. The predicted octanol–water partition coefficient (Wildman–Crippen LogP) is 2.31. The van der Waals surface area contributed by atoms with Gasteiger partial charge >= 0.3 is 0 Å². The van der Waals surface area contributed by atoms with Gasteiger partial charge in [0, 0.05) is 23.6 Å². The first-order valence-electron chi connectivity index (χ1n) is 5.29. The Bertz CT molecular complexity index is 324. The van der Waals surface area contributed by atoms with Crippen LogP contribution in [0.1, 0.15) is 13.3 Å². The monoisotopic (exact) mass is 239 g/mol. The van der Waals surface area contributed by atoms with Crippen LogP contribution < -0.4 is 10.1 Å². The lowest BCUT2D eigenvalue weighted by Crippen LogP contribution is -2.24. The van der Waals surface area contributed by atoms with Gasteiger partial charge < -0.3 is 10.1 Å². The maximum absolute atomic E-state index is 11.0. The van der Waals surface area contributed by atoms with Gasteiger partial charge in [-0.15, -0.1) is 11.8 Å². The first-order valence-corrected chi connectivity index (χ1v) is 6.28. The lowest BCUT2D eigenvalue weighted by Gasteiger charge is -2.04. The van der Waals surface area contributed by atoms with E-state index in [0.29, 0.717) is 13.0 Å². The number of hydrogen-bond acceptors (Lipinski definition) is 3. The number of amides is 1. The minimum absolute atomic E-state index is 0.107. The Morgan fingerprint density at radius 1 is 1.38 bits per heavy atom. The van der Waals surface area contributed by atoms with Crippen molar-refractivity contribution in [2.45, 2.75) is 18.2 Å². The highest BCUT2D eigenvalue weighted by Gasteiger charge is 1.97. The molecule has 0 aliphatic heterocycles. The van der Waals surface area contributed by atoms with Crippen molar-refractivity contribution in [2.24, 2.45) is 0 Å². The third kappa shape index (κ3) is 4.57. The van der Waals surface area contributed by atoms with Crippen molar-refractivity contribution < 1.29 is 9.53 Å². The van der Waals surface area contributed by atoms with Gasteiger partial charge in [-0.25, -0.2) is 0 Å². The van der Waals surface area contributed by atoms with Crippen LogP contribution in [0.3, 0.4) is 0 Å². The fraction of sp³-hybridized carbons (Fsp3) is 0.417. The highest BCUT2D eigenvalue weighted by atomic mass is 32.2. The van der Waals surface area contributed by atoms with Gasteiger partial charge in [-0.05, 0) is 24.3 Å². The largest absolute Gasteiger partial charge is 0.497 e. The minimum Gasteiger partial charge on any atom is -0.497 e. The predicted molar refractivity (Wildman–Crippen MR) is 67.0 cm³/mol. The molecule has 3 nitrogen and oxygen atoms in total. The Kier molecular flexibility index (Phi) is 5.78. The average Bonchev–Trinajstić information content (AvgIpc) is 2.35. The summed E-state index contributed by atoms with van der Waals surface area (Å²) in [6.07, 6.45) is 0.549. The molecular weight excluding hydrogens is 222 g/mol. The van der Waals surface area contributed by atoms with Crippen LogP contribution in [0.4, 0.5) is 0 Å². The molecule has 0 aromatic heterocycles. The highest BCUT2D eigenvalue weighted by Crippen LogP contribution is 2.20. The first kappa shape index (κ1) is 12.9. The molecule has 0 aliphatic rings. The molecule has 0 atom stereocenters. The van der Waals surface area contributed by atoms with Crippen molar-refractivity contribution in [3.8, 4) is 5.75 Å². The summed E-state index contributed by atoms with van der Waals surface area (Å²) in [7, 11) is 1.66. The number of carbonyl (C=O) groups is 1. The Morgan fingerprint density at radius 3 is 2.62 bits per heavy atom. The highest BCUT2D eigenvalue weighted by molar-refractivity contribution is 7.99. The third-order valence-electron chi connectivity index (χ3n) is 2.07. The lowest BCUT2D eigenvalue weighted by atomic mass is 10.3. The average molecular weight is 239 g/mol. The zero-order valence-electron chi connectivity index (χ0n) is 9.66. The van der Waals surface area contributed by atoms with Crippen molar-refractivity contribution in [2.75, 3.05) is 19.4 Å². The second kappa shape index (κ2) is 7.17. The summed E-state index contributed by atoms with van der Waals surface area (Å²) in [5, 5.41) is 2.84. The number of methoxy groups -OCH3 is 1. The molecule has 1 aromatic carbocycles. The molecule has 0 heterocycles. The van der Waals surface area contributed by atoms with Crippen molar-refractivity contribution in [3.05, 3.63) is 24.3 Å². The molecule has 1 amide bonds. The maximum atomic E-state index is 11.0. The number of thioether (sulfide) groups is 1. The number of ether oxygens (including phenoxy) is 1. The van der Waals surface area contributed by atoms with E-state index in [0.717, 1.165) is 11.5 Å². The topological polar surface area (TPSA) is 38.3 Å². The van der Waals surface area contributed by atoms with E-state index in [1.807, 2.05) is 31.2 Å². The number of rotatable bonds is 6. The van der Waals surface area contributed by atoms with Gasteiger partial charge in [-0.1, -0.05) is 6.92 Å². The Hall–Kier alpha value is -1.16. The van der Waals surface area contributed by atoms with E-state index in [2.05, 4.69) is 5.32 Å². The van der Waals surface area contributed by atoms with Crippen molar-refractivity contribution in [3.63, 3.8) is 0 Å². The van der Waals surface area contributed by atoms with E-state index in [-0.39, 0.29) is 5.91 Å². The number of carbonyl (C=O) groups excluding carboxylic acids is 1. The van der Waals surface area contributed by atoms with E-state index < -0.39 is 0 Å². The van der Waals surface area contributed by atoms with Crippen LogP contribution in [0, 0.1) is 0 Å². The zero-order chi connectivity index (χ0) is 11.8. The quantitative estimate of drug-likeness (QED) is 0.611. The molecule has 1 N–H and O–H groups in total. The molecular formula is C12H17NO2S. The summed E-state index contributed by atoms with van der Waals surface area (Å²) < 4.78 is 5.07. The molecule has 0 spiro atoms. The maximum Gasteiger partial charge on any atom is 0.219 e. The lowest BCUT2D eigenvalue weighted by molar-refractivity contribution is -0.120. The molecule has 16 heavy (non-hydrogen) atoms. The van der Waals surface area contributed by atoms with Crippen LogP contribution >= 0.6 is 11.8 Å². The molecule has 0 unspecified atom stereocenters. The third-order valence-corrected chi connectivity index (χ3v) is 3.09. The van der Waals surface area contributed by atoms with E-state index in [4.69, 9.17) is 4.74 Å². The molecule has 1 aromatic rings. The van der Waals surface area contributed by atoms with Crippen LogP contribution in [0.15, 0.2) is 29.2 Å². The van der Waals surface area contributed by atoms with E-state index >= 15 is 0 Å². The van der Waals surface area contributed by atoms with Gasteiger partial charge in [0.15, 0.2) is 0 Å². The van der Waals surface area contributed by atoms with Crippen molar-refractivity contribution in [1.82, 2.24) is 5.32 Å². The molecule has 0 saturated heterocycles. The van der Waals surface area contributed by atoms with Crippen molar-refractivity contribution >= 4 is 17.7 Å². The standard InChI is InChI=1S/C12H17NO2S/c1-3-12(14)13-8-9-16-11-6-4-10(15-2)5-7-11/h4-7H,3,8-9H2,1-2H3,(H,13,14). The summed E-state index contributed by atoms with van der Waals surface area (Å²) in [6, 6.07) is 7.91. The van der Waals surface area contributed by atoms with Gasteiger partial charge in [0.25, 0.3) is 0 Å². The molecule has 4 heteroatoms. The molecule has 0 aliphatic carbocycles. The summed E-state index contributed by atoms with van der Waals surface area (Å²) in [5.41, 5.74) is 0. The molecule has 1 rings (SSSR count). The van der Waals surface area contributed by atoms with Gasteiger partial charge in [0.2, 0.25) is 5.91 Å². The number of nitrogens with one attached hydrogen (secondary N) is 1. The Morgan fingerprint density at radius 2 is 2.06 bits per heavy atom. The second-order valence-electron chi connectivity index (χ2n) is 3.23. The van der Waals surface area contributed by atoms with Crippen LogP contribution in [0.2, 0.25) is 0 Å². The van der Waals surface area contributed by atoms with E-state index in [9.17, 15) is 4.79 Å². The second-order valence-corrected chi connectivity index (χ2v) is 4.40. The van der Waals surface area contributed by atoms with Gasteiger partial charge in [0.05, 0.1) is 7.11 Å². The number of hydrogen-bond donors (Lipinski definition) is 1. The molecule has 0 saturated carbocycles. The van der Waals surface area contributed by atoms with Crippen LogP contribution in [-0.2, 0) is 4.79 Å². The van der Waals surface area contributed by atoms with Gasteiger partial charge in [-0.2, -0.15) is 0 Å². The van der Waals surface area contributed by atoms with Crippen LogP contribution in [-0.4, -0.2) is 25.3 Å². The van der Waals surface area contributed by atoms with Gasteiger partial charge in [0.1, 0.15) is 5.75 Å². The summed E-state index contributed by atoms with van der Waals surface area (Å²) in [5.74, 6) is 1.86.